The van der Waals surface area contributed by atoms with E-state index in [9.17, 15) is 8.42 Å². The van der Waals surface area contributed by atoms with Gasteiger partial charge in [0.25, 0.3) is 10.0 Å². The van der Waals surface area contributed by atoms with Gasteiger partial charge >= 0.3 is 0 Å². The molecular weight excluding hydrogens is 294 g/mol. The topological polar surface area (TPSA) is 79.9 Å². The van der Waals surface area contributed by atoms with Gasteiger partial charge in [-0.05, 0) is 25.2 Å². The first kappa shape index (κ1) is 16.2. The van der Waals surface area contributed by atoms with Gasteiger partial charge in [0.1, 0.15) is 5.75 Å². The molecule has 0 aliphatic carbocycles. The van der Waals surface area contributed by atoms with Gasteiger partial charge in [-0.25, -0.2) is 13.4 Å². The average molecular weight is 315 g/mol. The highest BCUT2D eigenvalue weighted by molar-refractivity contribution is 7.89. The highest BCUT2D eigenvalue weighted by atomic mass is 32.2. The van der Waals surface area contributed by atoms with Crippen LogP contribution in [0.5, 0.6) is 5.75 Å². The van der Waals surface area contributed by atoms with Crippen LogP contribution < -0.4 is 14.9 Å². The highest BCUT2D eigenvalue weighted by Crippen LogP contribution is 2.22. The summed E-state index contributed by atoms with van der Waals surface area (Å²) in [5.74, 6) is 0.662. The van der Waals surface area contributed by atoms with E-state index in [1.807, 2.05) is 0 Å². The van der Waals surface area contributed by atoms with Gasteiger partial charge in [-0.1, -0.05) is 0 Å². The van der Waals surface area contributed by atoms with E-state index in [0.29, 0.717) is 38.6 Å². The highest BCUT2D eigenvalue weighted by Gasteiger charge is 2.21. The third-order valence-corrected chi connectivity index (χ3v) is 4.56. The summed E-state index contributed by atoms with van der Waals surface area (Å²) in [5.41, 5.74) is 0.796. The standard InChI is InChI=1S/C13H21N3O4S/c1-14-10-11-9-12(3-4-13(11)19-2)21(17,18)15-16-5-7-20-8-6-16/h3-4,9,14-15H,5-8,10H2,1-2H3. The number of morpholine rings is 1. The molecule has 0 amide bonds. The summed E-state index contributed by atoms with van der Waals surface area (Å²) in [6, 6.07) is 4.83. The zero-order valence-electron chi connectivity index (χ0n) is 12.3. The zero-order valence-corrected chi connectivity index (χ0v) is 13.1. The number of hydrazine groups is 1. The summed E-state index contributed by atoms with van der Waals surface area (Å²) >= 11 is 0. The SMILES string of the molecule is CNCc1cc(S(=O)(=O)NN2CCOCC2)ccc1OC. The van der Waals surface area contributed by atoms with E-state index < -0.39 is 10.0 Å². The van der Waals surface area contributed by atoms with E-state index in [0.717, 1.165) is 5.56 Å². The minimum absolute atomic E-state index is 0.222. The van der Waals surface area contributed by atoms with Gasteiger partial charge in [0.2, 0.25) is 0 Å². The fraction of sp³-hybridized carbons (Fsp3) is 0.538. The molecule has 1 heterocycles. The number of nitrogens with one attached hydrogen (secondary N) is 2. The summed E-state index contributed by atoms with van der Waals surface area (Å²) in [6.45, 7) is 2.66. The van der Waals surface area contributed by atoms with Gasteiger partial charge in [0, 0.05) is 25.2 Å². The van der Waals surface area contributed by atoms with Gasteiger partial charge in [0.15, 0.2) is 0 Å². The molecule has 0 bridgehead atoms. The Bertz CT molecular complexity index is 571. The third-order valence-electron chi connectivity index (χ3n) is 3.19. The minimum Gasteiger partial charge on any atom is -0.496 e. The van der Waals surface area contributed by atoms with Gasteiger partial charge in [-0.3, -0.25) is 0 Å². The van der Waals surface area contributed by atoms with E-state index in [4.69, 9.17) is 9.47 Å². The number of benzene rings is 1. The molecule has 1 aromatic rings. The quantitative estimate of drug-likeness (QED) is 0.766. The molecule has 2 N–H and O–H groups in total. The molecule has 0 saturated carbocycles. The average Bonchev–Trinajstić information content (AvgIpc) is 2.48. The molecule has 0 radical (unpaired) electrons. The van der Waals surface area contributed by atoms with Gasteiger partial charge in [0.05, 0.1) is 25.2 Å². The van der Waals surface area contributed by atoms with Crippen molar-refractivity contribution in [2.24, 2.45) is 0 Å². The van der Waals surface area contributed by atoms with Crippen molar-refractivity contribution in [3.05, 3.63) is 23.8 Å². The van der Waals surface area contributed by atoms with Crippen LogP contribution in [0.3, 0.4) is 0 Å². The van der Waals surface area contributed by atoms with Crippen molar-refractivity contribution in [1.82, 2.24) is 15.2 Å². The molecule has 1 aliphatic heterocycles. The van der Waals surface area contributed by atoms with Crippen molar-refractivity contribution in [2.45, 2.75) is 11.4 Å². The van der Waals surface area contributed by atoms with Crippen molar-refractivity contribution in [3.8, 4) is 5.75 Å². The number of hydrogen-bond acceptors (Lipinski definition) is 6. The second-order valence-electron chi connectivity index (χ2n) is 4.70. The van der Waals surface area contributed by atoms with E-state index in [1.165, 1.54) is 0 Å². The van der Waals surface area contributed by atoms with E-state index in [2.05, 4.69) is 10.1 Å². The van der Waals surface area contributed by atoms with Gasteiger partial charge in [-0.2, -0.15) is 0 Å². The molecule has 0 spiro atoms. The van der Waals surface area contributed by atoms with E-state index >= 15 is 0 Å². The van der Waals surface area contributed by atoms with Crippen LogP contribution in [0.2, 0.25) is 0 Å². The Labute approximate surface area is 125 Å². The summed E-state index contributed by atoms with van der Waals surface area (Å²) in [5, 5.41) is 4.65. The van der Waals surface area contributed by atoms with Gasteiger partial charge in [-0.15, -0.1) is 4.83 Å². The molecule has 1 aliphatic rings. The lowest BCUT2D eigenvalue weighted by molar-refractivity contribution is 0.0272. The lowest BCUT2D eigenvalue weighted by Crippen LogP contribution is -2.48. The van der Waals surface area contributed by atoms with Crippen LogP contribution in [0.4, 0.5) is 0 Å². The molecule has 1 aromatic carbocycles. The second kappa shape index (κ2) is 7.19. The maximum atomic E-state index is 12.4. The van der Waals surface area contributed by atoms with Crippen LogP contribution in [-0.2, 0) is 21.3 Å². The first-order valence-electron chi connectivity index (χ1n) is 6.73. The van der Waals surface area contributed by atoms with Crippen LogP contribution >= 0.6 is 0 Å². The predicted octanol–water partition coefficient (Wildman–Crippen LogP) is -0.0599. The van der Waals surface area contributed by atoms with E-state index in [-0.39, 0.29) is 4.90 Å². The Hall–Kier alpha value is -1.19. The lowest BCUT2D eigenvalue weighted by atomic mass is 10.2. The molecule has 1 fully saturated rings. The molecule has 7 nitrogen and oxygen atoms in total. The number of sulfonamides is 1. The molecule has 1 saturated heterocycles. The number of ether oxygens (including phenoxy) is 2. The molecule has 118 valence electrons. The Kier molecular flexibility index (Phi) is 5.54. The first-order chi connectivity index (χ1) is 10.1. The Morgan fingerprint density at radius 2 is 2.05 bits per heavy atom. The van der Waals surface area contributed by atoms with Crippen molar-refractivity contribution in [2.75, 3.05) is 40.5 Å². The molecule has 0 aromatic heterocycles. The van der Waals surface area contributed by atoms with Crippen LogP contribution in [0.1, 0.15) is 5.56 Å². The zero-order chi connectivity index (χ0) is 15.3. The predicted molar refractivity (Wildman–Crippen MR) is 78.5 cm³/mol. The summed E-state index contributed by atoms with van der Waals surface area (Å²) in [7, 11) is -0.226. The van der Waals surface area contributed by atoms with Crippen LogP contribution in [-0.4, -0.2) is 53.9 Å². The van der Waals surface area contributed by atoms with Crippen molar-refractivity contribution in [1.29, 1.82) is 0 Å². The first-order valence-corrected chi connectivity index (χ1v) is 8.22. The maximum absolute atomic E-state index is 12.4. The molecule has 2 rings (SSSR count). The summed E-state index contributed by atoms with van der Waals surface area (Å²) in [4.78, 5) is 2.80. The van der Waals surface area contributed by atoms with E-state index in [1.54, 1.807) is 37.4 Å². The third kappa shape index (κ3) is 4.14. The lowest BCUT2D eigenvalue weighted by Gasteiger charge is -2.26. The van der Waals surface area contributed by atoms with Crippen molar-refractivity contribution < 1.29 is 17.9 Å². The number of hydrogen-bond donors (Lipinski definition) is 2. The molecule has 8 heteroatoms. The fourth-order valence-corrected chi connectivity index (χ4v) is 3.30. The van der Waals surface area contributed by atoms with Crippen LogP contribution in [0.25, 0.3) is 0 Å². The Morgan fingerprint density at radius 1 is 1.33 bits per heavy atom. The summed E-state index contributed by atoms with van der Waals surface area (Å²) < 4.78 is 35.2. The number of rotatable bonds is 6. The Balaban J connectivity index is 2.20. The molecule has 0 atom stereocenters. The molecular formula is C13H21N3O4S. The molecule has 21 heavy (non-hydrogen) atoms. The number of nitrogens with zero attached hydrogens (tertiary/aromatic N) is 1. The monoisotopic (exact) mass is 315 g/mol. The smallest absolute Gasteiger partial charge is 0.253 e. The van der Waals surface area contributed by atoms with Gasteiger partial charge < -0.3 is 14.8 Å². The Morgan fingerprint density at radius 3 is 2.67 bits per heavy atom. The van der Waals surface area contributed by atoms with Crippen molar-refractivity contribution >= 4 is 10.0 Å². The van der Waals surface area contributed by atoms with Crippen molar-refractivity contribution in [3.63, 3.8) is 0 Å². The number of methoxy groups -OCH3 is 1. The van der Waals surface area contributed by atoms with Crippen LogP contribution in [0.15, 0.2) is 23.1 Å². The largest absolute Gasteiger partial charge is 0.496 e. The fourth-order valence-electron chi connectivity index (χ4n) is 2.13. The maximum Gasteiger partial charge on any atom is 0.253 e. The summed E-state index contributed by atoms with van der Waals surface area (Å²) in [6.07, 6.45) is 0. The minimum atomic E-state index is -3.59. The normalized spacial score (nSPS) is 16.9. The molecule has 0 unspecified atom stereocenters. The van der Waals surface area contributed by atoms with Crippen LogP contribution in [0, 0.1) is 0 Å². The second-order valence-corrected chi connectivity index (χ2v) is 6.36.